The average Bonchev–Trinajstić information content (AvgIpc) is 2.75. The number of nitrogens with zero attached hydrogens (tertiary/aromatic N) is 3. The number of benzene rings is 2. The van der Waals surface area contributed by atoms with Crippen LogP contribution in [0.5, 0.6) is 0 Å². The molecule has 2 aromatic carbocycles. The van der Waals surface area contributed by atoms with Gasteiger partial charge in [0.15, 0.2) is 17.2 Å². The standard InChI is InChI=1S/C22H17F3IN5O3/c1-11(32)34-22(17-6-7-28-21(27)30-17)9-31(10-22)20(33)13-3-4-14(23)18(25)19(13)29-16-5-2-12(26)8-15(16)24/h2-8,29H,9-10H2,1H3,(H2,27,28,30). The Bertz CT molecular complexity index is 1300. The Morgan fingerprint density at radius 3 is 2.53 bits per heavy atom. The zero-order chi connectivity index (χ0) is 24.6. The summed E-state index contributed by atoms with van der Waals surface area (Å²) in [4.78, 5) is 34.1. The summed E-state index contributed by atoms with van der Waals surface area (Å²) in [5, 5.41) is 2.49. The number of hydrogen-bond donors (Lipinski definition) is 2. The van der Waals surface area contributed by atoms with Gasteiger partial charge in [0.2, 0.25) is 5.95 Å². The van der Waals surface area contributed by atoms with Gasteiger partial charge in [-0.15, -0.1) is 0 Å². The number of aromatic nitrogens is 2. The summed E-state index contributed by atoms with van der Waals surface area (Å²) >= 11 is 1.91. The third-order valence-corrected chi connectivity index (χ3v) is 5.85. The van der Waals surface area contributed by atoms with Gasteiger partial charge in [-0.3, -0.25) is 9.59 Å². The van der Waals surface area contributed by atoms with E-state index in [1.807, 2.05) is 22.6 Å². The molecule has 3 N–H and O–H groups in total. The highest BCUT2D eigenvalue weighted by Crippen LogP contribution is 2.38. The second kappa shape index (κ2) is 9.08. The molecule has 0 radical (unpaired) electrons. The van der Waals surface area contributed by atoms with Crippen molar-refractivity contribution in [2.45, 2.75) is 12.5 Å². The molecule has 1 saturated heterocycles. The summed E-state index contributed by atoms with van der Waals surface area (Å²) in [5.74, 6) is -4.57. The van der Waals surface area contributed by atoms with E-state index in [0.717, 1.165) is 12.1 Å². The average molecular weight is 583 g/mol. The zero-order valence-electron chi connectivity index (χ0n) is 17.6. The molecule has 0 atom stereocenters. The van der Waals surface area contributed by atoms with Crippen LogP contribution >= 0.6 is 22.6 Å². The number of carbonyl (C=O) groups excluding carboxylic acids is 2. The molecule has 1 aromatic heterocycles. The van der Waals surface area contributed by atoms with Gasteiger partial charge in [-0.1, -0.05) is 0 Å². The number of nitrogens with one attached hydrogen (secondary N) is 1. The van der Waals surface area contributed by atoms with Crippen molar-refractivity contribution < 1.29 is 27.5 Å². The molecule has 176 valence electrons. The number of nitrogen functional groups attached to an aromatic ring is 1. The van der Waals surface area contributed by atoms with Gasteiger partial charge in [-0.25, -0.2) is 23.1 Å². The molecule has 4 rings (SSSR count). The Kier molecular flexibility index (Phi) is 6.34. The van der Waals surface area contributed by atoms with Crippen LogP contribution in [0.15, 0.2) is 42.6 Å². The molecule has 0 unspecified atom stereocenters. The maximum Gasteiger partial charge on any atom is 0.303 e. The SMILES string of the molecule is CC(=O)OC1(c2ccnc(N)n2)CN(C(=O)c2ccc(F)c(F)c2Nc2ccc(I)cc2F)C1. The lowest BCUT2D eigenvalue weighted by molar-refractivity contribution is -0.176. The smallest absolute Gasteiger partial charge is 0.303 e. The second-order valence-corrected chi connectivity index (χ2v) is 8.83. The van der Waals surface area contributed by atoms with Crippen LogP contribution in [0.4, 0.5) is 30.5 Å². The van der Waals surface area contributed by atoms with Crippen molar-refractivity contribution in [1.29, 1.82) is 0 Å². The summed E-state index contributed by atoms with van der Waals surface area (Å²) in [6.07, 6.45) is 1.39. The lowest BCUT2D eigenvalue weighted by Crippen LogP contribution is -2.63. The largest absolute Gasteiger partial charge is 0.449 e. The van der Waals surface area contributed by atoms with Gasteiger partial charge in [0.1, 0.15) is 5.82 Å². The summed E-state index contributed by atoms with van der Waals surface area (Å²) in [6, 6.07) is 7.54. The molecule has 0 aliphatic carbocycles. The van der Waals surface area contributed by atoms with Gasteiger partial charge in [-0.2, -0.15) is 0 Å². The number of carbonyl (C=O) groups is 2. The van der Waals surface area contributed by atoms with Crippen molar-refractivity contribution >= 4 is 51.8 Å². The minimum atomic E-state index is -1.33. The lowest BCUT2D eigenvalue weighted by atomic mass is 9.88. The minimum Gasteiger partial charge on any atom is -0.449 e. The van der Waals surface area contributed by atoms with Crippen molar-refractivity contribution in [2.24, 2.45) is 0 Å². The maximum absolute atomic E-state index is 14.7. The van der Waals surface area contributed by atoms with Gasteiger partial charge in [-0.05, 0) is 59.0 Å². The van der Waals surface area contributed by atoms with E-state index in [9.17, 15) is 22.8 Å². The van der Waals surface area contributed by atoms with Crippen LogP contribution in [0, 0.1) is 21.0 Å². The highest BCUT2D eigenvalue weighted by atomic mass is 127. The summed E-state index contributed by atoms with van der Waals surface area (Å²) in [7, 11) is 0. The monoisotopic (exact) mass is 583 g/mol. The quantitative estimate of drug-likeness (QED) is 0.348. The van der Waals surface area contributed by atoms with E-state index in [1.54, 1.807) is 6.07 Å². The van der Waals surface area contributed by atoms with Crippen molar-refractivity contribution in [2.75, 3.05) is 24.1 Å². The lowest BCUT2D eigenvalue weighted by Gasteiger charge is -2.48. The fourth-order valence-electron chi connectivity index (χ4n) is 3.64. The Morgan fingerprint density at radius 1 is 1.15 bits per heavy atom. The van der Waals surface area contributed by atoms with Crippen molar-refractivity contribution in [1.82, 2.24) is 14.9 Å². The zero-order valence-corrected chi connectivity index (χ0v) is 19.8. The second-order valence-electron chi connectivity index (χ2n) is 7.58. The fraction of sp³-hybridized carbons (Fsp3) is 0.182. The first-order valence-corrected chi connectivity index (χ1v) is 11.0. The number of rotatable bonds is 5. The Hall–Kier alpha value is -3.42. The number of amides is 1. The third kappa shape index (κ3) is 4.49. The molecule has 0 saturated carbocycles. The molecule has 12 heteroatoms. The third-order valence-electron chi connectivity index (χ3n) is 5.18. The van der Waals surface area contributed by atoms with Crippen molar-refractivity contribution in [3.05, 3.63) is 74.9 Å². The molecule has 1 fully saturated rings. The van der Waals surface area contributed by atoms with E-state index < -0.39 is 40.6 Å². The molecule has 0 spiro atoms. The molecule has 1 aliphatic heterocycles. The van der Waals surface area contributed by atoms with Gasteiger partial charge >= 0.3 is 5.97 Å². The van der Waals surface area contributed by atoms with Crippen LogP contribution in [-0.2, 0) is 15.1 Å². The fourth-order valence-corrected chi connectivity index (χ4v) is 4.10. The molecular weight excluding hydrogens is 566 g/mol. The number of likely N-dealkylation sites (tertiary alicyclic amines) is 1. The topological polar surface area (TPSA) is 110 Å². The molecule has 34 heavy (non-hydrogen) atoms. The summed E-state index contributed by atoms with van der Waals surface area (Å²) < 4.78 is 49.1. The minimum absolute atomic E-state index is 0.0413. The Labute approximate surface area is 205 Å². The summed E-state index contributed by atoms with van der Waals surface area (Å²) in [5.41, 5.74) is 3.79. The maximum atomic E-state index is 14.7. The van der Waals surface area contributed by atoms with Crippen LogP contribution in [0.2, 0.25) is 0 Å². The van der Waals surface area contributed by atoms with Gasteiger partial charge in [0.25, 0.3) is 5.91 Å². The molecular formula is C22H17F3IN5O3. The molecule has 8 nitrogen and oxygen atoms in total. The first kappa shape index (κ1) is 23.7. The molecule has 0 bridgehead atoms. The van der Waals surface area contributed by atoms with Crippen LogP contribution in [0.1, 0.15) is 23.0 Å². The number of nitrogens with two attached hydrogens (primary N) is 1. The van der Waals surface area contributed by atoms with E-state index >= 15 is 0 Å². The summed E-state index contributed by atoms with van der Waals surface area (Å²) in [6.45, 7) is 0.986. The number of anilines is 3. The van der Waals surface area contributed by atoms with E-state index in [-0.39, 0.29) is 30.3 Å². The van der Waals surface area contributed by atoms with Crippen LogP contribution in [0.3, 0.4) is 0 Å². The Morgan fingerprint density at radius 2 is 1.88 bits per heavy atom. The van der Waals surface area contributed by atoms with E-state index in [0.29, 0.717) is 9.26 Å². The molecule has 2 heterocycles. The highest BCUT2D eigenvalue weighted by molar-refractivity contribution is 14.1. The molecule has 3 aromatic rings. The number of hydrogen-bond acceptors (Lipinski definition) is 7. The molecule has 1 amide bonds. The van der Waals surface area contributed by atoms with E-state index in [1.165, 1.54) is 36.2 Å². The van der Waals surface area contributed by atoms with Gasteiger partial charge in [0.05, 0.1) is 35.7 Å². The normalized spacial score (nSPS) is 14.3. The van der Waals surface area contributed by atoms with Gasteiger partial charge < -0.3 is 20.7 Å². The van der Waals surface area contributed by atoms with Crippen LogP contribution < -0.4 is 11.1 Å². The van der Waals surface area contributed by atoms with Crippen molar-refractivity contribution in [3.8, 4) is 0 Å². The van der Waals surface area contributed by atoms with E-state index in [2.05, 4.69) is 15.3 Å². The van der Waals surface area contributed by atoms with E-state index in [4.69, 9.17) is 10.5 Å². The Balaban J connectivity index is 1.65. The number of ether oxygens (including phenoxy) is 1. The number of halogens is 4. The molecule has 1 aliphatic rings. The van der Waals surface area contributed by atoms with Gasteiger partial charge in [0, 0.05) is 16.7 Å². The first-order valence-electron chi connectivity index (χ1n) is 9.87. The predicted octanol–water partition coefficient (Wildman–Crippen LogP) is 3.74. The highest BCUT2D eigenvalue weighted by Gasteiger charge is 2.51. The predicted molar refractivity (Wildman–Crippen MR) is 125 cm³/mol. The first-order chi connectivity index (χ1) is 16.1. The number of esters is 1. The van der Waals surface area contributed by atoms with Crippen LogP contribution in [-0.4, -0.2) is 39.8 Å². The van der Waals surface area contributed by atoms with Crippen LogP contribution in [0.25, 0.3) is 0 Å². The van der Waals surface area contributed by atoms with Crippen molar-refractivity contribution in [3.63, 3.8) is 0 Å².